The van der Waals surface area contributed by atoms with Crippen LogP contribution in [0, 0.1) is 0 Å². The minimum absolute atomic E-state index is 0.0865. The van der Waals surface area contributed by atoms with E-state index in [0.717, 1.165) is 24.0 Å². The summed E-state index contributed by atoms with van der Waals surface area (Å²) in [6.07, 6.45) is 1.98. The van der Waals surface area contributed by atoms with E-state index in [1.54, 1.807) is 25.3 Å². The maximum absolute atomic E-state index is 13.3. The highest BCUT2D eigenvalue weighted by Crippen LogP contribution is 2.38. The Morgan fingerprint density at radius 1 is 1.10 bits per heavy atom. The number of methoxy groups -OCH3 is 2. The van der Waals surface area contributed by atoms with Crippen LogP contribution >= 0.6 is 0 Å². The number of nitrogens with zero attached hydrogens (tertiary/aromatic N) is 1. The minimum atomic E-state index is -1.45. The number of fused-ring (bicyclic) bond motifs is 3. The zero-order valence-corrected chi connectivity index (χ0v) is 17.3. The number of carboxylic acids is 1. The van der Waals surface area contributed by atoms with Gasteiger partial charge in [-0.3, -0.25) is 4.79 Å². The molecule has 0 saturated carbocycles. The fourth-order valence-electron chi connectivity index (χ4n) is 4.23. The number of ether oxygens (including phenoxy) is 2. The first kappa shape index (κ1) is 20.5. The van der Waals surface area contributed by atoms with Crippen LogP contribution in [0.5, 0.6) is 17.2 Å². The summed E-state index contributed by atoms with van der Waals surface area (Å²) in [5.74, 6) is -0.763. The standard InChI is InChI=1S/C24H23NO6/c1-30-16-11-10-15(19(12-16)31-2)13-25-21-17-8-4-3-6-14(17)7-5-9-18(21)22(26)20(23(25)27)24(28)29/h3-4,6,8,10-12,26H,5,7,9,13H2,1-2H3,(H,28,29). The highest BCUT2D eigenvalue weighted by molar-refractivity contribution is 5.92. The van der Waals surface area contributed by atoms with Gasteiger partial charge >= 0.3 is 5.97 Å². The van der Waals surface area contributed by atoms with Crippen LogP contribution < -0.4 is 15.0 Å². The summed E-state index contributed by atoms with van der Waals surface area (Å²) in [7, 11) is 3.07. The van der Waals surface area contributed by atoms with Crippen molar-refractivity contribution in [3.05, 3.63) is 75.1 Å². The Morgan fingerprint density at radius 2 is 1.87 bits per heavy atom. The summed E-state index contributed by atoms with van der Waals surface area (Å²) in [5, 5.41) is 20.4. The predicted octanol–water partition coefficient (Wildman–Crippen LogP) is 3.47. The van der Waals surface area contributed by atoms with Gasteiger partial charge in [-0.05, 0) is 37.0 Å². The number of aromatic nitrogens is 1. The van der Waals surface area contributed by atoms with Crippen molar-refractivity contribution in [2.24, 2.45) is 0 Å². The van der Waals surface area contributed by atoms with Gasteiger partial charge in [-0.1, -0.05) is 24.3 Å². The molecule has 7 heteroatoms. The van der Waals surface area contributed by atoms with Crippen molar-refractivity contribution in [2.75, 3.05) is 14.2 Å². The average molecular weight is 421 g/mol. The van der Waals surface area contributed by atoms with E-state index in [9.17, 15) is 19.8 Å². The van der Waals surface area contributed by atoms with Crippen molar-refractivity contribution in [2.45, 2.75) is 25.8 Å². The first-order valence-electron chi connectivity index (χ1n) is 9.97. The summed E-state index contributed by atoms with van der Waals surface area (Å²) in [5.41, 5.74) is 2.25. The molecule has 31 heavy (non-hydrogen) atoms. The number of carboxylic acid groups (broad SMARTS) is 1. The Bertz CT molecular complexity index is 1230. The first-order valence-corrected chi connectivity index (χ1v) is 9.97. The van der Waals surface area contributed by atoms with Gasteiger partial charge < -0.3 is 24.3 Å². The second-order valence-electron chi connectivity index (χ2n) is 7.44. The maximum atomic E-state index is 13.3. The molecule has 7 nitrogen and oxygen atoms in total. The van der Waals surface area contributed by atoms with Gasteiger partial charge in [-0.2, -0.15) is 0 Å². The van der Waals surface area contributed by atoms with Gasteiger partial charge in [0.05, 0.1) is 26.5 Å². The summed E-state index contributed by atoms with van der Waals surface area (Å²) >= 11 is 0. The summed E-state index contributed by atoms with van der Waals surface area (Å²) in [4.78, 5) is 25.2. The molecule has 0 bridgehead atoms. The minimum Gasteiger partial charge on any atom is -0.506 e. The zero-order valence-electron chi connectivity index (χ0n) is 17.3. The van der Waals surface area contributed by atoms with E-state index in [-0.39, 0.29) is 6.54 Å². The number of rotatable bonds is 5. The molecule has 1 aliphatic rings. The molecule has 160 valence electrons. The third-order valence-corrected chi connectivity index (χ3v) is 5.72. The summed E-state index contributed by atoms with van der Waals surface area (Å²) < 4.78 is 12.2. The normalized spacial score (nSPS) is 12.5. The lowest BCUT2D eigenvalue weighted by Gasteiger charge is -2.21. The number of aromatic hydroxyl groups is 1. The second-order valence-corrected chi connectivity index (χ2v) is 7.44. The summed E-state index contributed by atoms with van der Waals surface area (Å²) in [6.45, 7) is 0.0865. The number of hydrogen-bond acceptors (Lipinski definition) is 5. The number of hydrogen-bond donors (Lipinski definition) is 2. The molecule has 0 amide bonds. The summed E-state index contributed by atoms with van der Waals surface area (Å²) in [6, 6.07) is 13.0. The van der Waals surface area contributed by atoms with Crippen LogP contribution in [-0.4, -0.2) is 35.0 Å². The third-order valence-electron chi connectivity index (χ3n) is 5.72. The Hall–Kier alpha value is -3.74. The van der Waals surface area contributed by atoms with Crippen LogP contribution in [0.1, 0.15) is 33.5 Å². The fraction of sp³-hybridized carbons (Fsp3) is 0.250. The van der Waals surface area contributed by atoms with Gasteiger partial charge in [-0.25, -0.2) is 4.79 Å². The zero-order chi connectivity index (χ0) is 22.1. The van der Waals surface area contributed by atoms with E-state index in [0.29, 0.717) is 34.7 Å². The lowest BCUT2D eigenvalue weighted by molar-refractivity contribution is 0.0690. The number of benzene rings is 2. The van der Waals surface area contributed by atoms with Gasteiger partial charge in [0.15, 0.2) is 5.56 Å². The van der Waals surface area contributed by atoms with Crippen LogP contribution in [0.25, 0.3) is 11.3 Å². The molecule has 0 atom stereocenters. The molecule has 1 heterocycles. The monoisotopic (exact) mass is 421 g/mol. The molecule has 1 aromatic heterocycles. The quantitative estimate of drug-likeness (QED) is 0.655. The molecule has 0 fully saturated rings. The van der Waals surface area contributed by atoms with Gasteiger partial charge in [0, 0.05) is 22.8 Å². The van der Waals surface area contributed by atoms with Crippen LogP contribution in [-0.2, 0) is 19.4 Å². The molecule has 3 aromatic rings. The number of pyridine rings is 1. The van der Waals surface area contributed by atoms with E-state index in [1.807, 2.05) is 24.3 Å². The molecule has 1 aliphatic carbocycles. The Kier molecular flexibility index (Phi) is 5.42. The molecule has 2 N–H and O–H groups in total. The SMILES string of the molecule is COc1ccc(Cn2c3c(c(O)c(C(=O)O)c2=O)CCCc2ccccc2-3)c(OC)c1. The van der Waals surface area contributed by atoms with Gasteiger partial charge in [0.1, 0.15) is 17.2 Å². The molecular formula is C24H23NO6. The van der Waals surface area contributed by atoms with E-state index in [4.69, 9.17) is 9.47 Å². The van der Waals surface area contributed by atoms with Crippen molar-refractivity contribution in [1.82, 2.24) is 4.57 Å². The van der Waals surface area contributed by atoms with E-state index in [1.165, 1.54) is 11.7 Å². The van der Waals surface area contributed by atoms with Crippen molar-refractivity contribution in [3.8, 4) is 28.5 Å². The molecule has 0 radical (unpaired) electrons. The number of carbonyl (C=O) groups is 1. The first-order chi connectivity index (χ1) is 15.0. The molecule has 2 aromatic carbocycles. The maximum Gasteiger partial charge on any atom is 0.345 e. The topological polar surface area (TPSA) is 98.0 Å². The lowest BCUT2D eigenvalue weighted by atomic mass is 9.98. The molecule has 0 aliphatic heterocycles. The number of aryl methyl sites for hydroxylation is 1. The Balaban J connectivity index is 2.02. The molecule has 0 spiro atoms. The van der Waals surface area contributed by atoms with Crippen LogP contribution in [0.4, 0.5) is 0 Å². The largest absolute Gasteiger partial charge is 0.506 e. The second kappa shape index (κ2) is 8.18. The van der Waals surface area contributed by atoms with Crippen molar-refractivity contribution in [1.29, 1.82) is 0 Å². The van der Waals surface area contributed by atoms with Gasteiger partial charge in [0.2, 0.25) is 0 Å². The van der Waals surface area contributed by atoms with Gasteiger partial charge in [0.25, 0.3) is 5.56 Å². The highest BCUT2D eigenvalue weighted by atomic mass is 16.5. The number of aromatic carboxylic acids is 1. The third kappa shape index (κ3) is 3.52. The van der Waals surface area contributed by atoms with E-state index < -0.39 is 22.8 Å². The van der Waals surface area contributed by atoms with Crippen LogP contribution in [0.2, 0.25) is 0 Å². The molecular weight excluding hydrogens is 398 g/mol. The molecule has 0 saturated heterocycles. The smallest absolute Gasteiger partial charge is 0.345 e. The average Bonchev–Trinajstić information content (AvgIpc) is 2.96. The fourth-order valence-corrected chi connectivity index (χ4v) is 4.23. The molecule has 0 unspecified atom stereocenters. The van der Waals surface area contributed by atoms with Crippen molar-refractivity contribution >= 4 is 5.97 Å². The van der Waals surface area contributed by atoms with Crippen LogP contribution in [0.3, 0.4) is 0 Å². The van der Waals surface area contributed by atoms with Crippen molar-refractivity contribution < 1.29 is 24.5 Å². The Morgan fingerprint density at radius 3 is 2.58 bits per heavy atom. The van der Waals surface area contributed by atoms with E-state index in [2.05, 4.69) is 0 Å². The predicted molar refractivity (Wildman–Crippen MR) is 115 cm³/mol. The lowest BCUT2D eigenvalue weighted by Crippen LogP contribution is -2.30. The van der Waals surface area contributed by atoms with Crippen LogP contribution in [0.15, 0.2) is 47.3 Å². The highest BCUT2D eigenvalue weighted by Gasteiger charge is 2.29. The van der Waals surface area contributed by atoms with E-state index >= 15 is 0 Å². The van der Waals surface area contributed by atoms with Gasteiger partial charge in [-0.15, -0.1) is 0 Å². The Labute approximate surface area is 179 Å². The molecule has 4 rings (SSSR count). The van der Waals surface area contributed by atoms with Crippen molar-refractivity contribution in [3.63, 3.8) is 0 Å².